The number of aromatic nitrogens is 2. The lowest BCUT2D eigenvalue weighted by molar-refractivity contribution is 0.574. The molecule has 104 valence electrons. The molecule has 0 bridgehead atoms. The van der Waals surface area contributed by atoms with Crippen LogP contribution in [0.3, 0.4) is 0 Å². The summed E-state index contributed by atoms with van der Waals surface area (Å²) in [5, 5.41) is 0. The number of rotatable bonds is 7. The van der Waals surface area contributed by atoms with Gasteiger partial charge in [0.15, 0.2) is 0 Å². The first-order valence-electron chi connectivity index (χ1n) is 6.36. The van der Waals surface area contributed by atoms with Gasteiger partial charge < -0.3 is 0 Å². The van der Waals surface area contributed by atoms with Gasteiger partial charge in [0, 0.05) is 6.54 Å². The molecule has 5 nitrogen and oxygen atoms in total. The molecule has 19 heavy (non-hydrogen) atoms. The Morgan fingerprint density at radius 1 is 1.21 bits per heavy atom. The molecule has 1 aromatic carbocycles. The number of unbranched alkanes of at least 4 members (excludes halogenated alkanes) is 3. The molecular formula is C12H17N3O2S2. The largest absolute Gasteiger partial charge is 0.242 e. The molecule has 1 aromatic heterocycles. The molecule has 2 rings (SSSR count). The quantitative estimate of drug-likeness (QED) is 0.798. The number of hydrogen-bond acceptors (Lipinski definition) is 5. The molecule has 0 aliphatic carbocycles. The van der Waals surface area contributed by atoms with E-state index in [4.69, 9.17) is 0 Å². The van der Waals surface area contributed by atoms with Crippen molar-refractivity contribution in [3.05, 3.63) is 18.2 Å². The van der Waals surface area contributed by atoms with Crippen molar-refractivity contribution in [3.63, 3.8) is 0 Å². The van der Waals surface area contributed by atoms with E-state index in [2.05, 4.69) is 20.4 Å². The van der Waals surface area contributed by atoms with Crippen molar-refractivity contribution in [1.29, 1.82) is 0 Å². The molecule has 0 atom stereocenters. The van der Waals surface area contributed by atoms with Crippen LogP contribution in [-0.2, 0) is 10.0 Å². The molecule has 0 aliphatic heterocycles. The van der Waals surface area contributed by atoms with E-state index in [0.717, 1.165) is 37.4 Å². The van der Waals surface area contributed by atoms with E-state index < -0.39 is 10.0 Å². The van der Waals surface area contributed by atoms with Gasteiger partial charge in [0.05, 0.1) is 11.7 Å². The molecule has 0 amide bonds. The van der Waals surface area contributed by atoms with Crippen molar-refractivity contribution < 1.29 is 8.42 Å². The summed E-state index contributed by atoms with van der Waals surface area (Å²) in [6, 6.07) is 5.02. The average molecular weight is 299 g/mol. The van der Waals surface area contributed by atoms with Gasteiger partial charge in [0.25, 0.3) is 0 Å². The lowest BCUT2D eigenvalue weighted by atomic mass is 10.2. The highest BCUT2D eigenvalue weighted by atomic mass is 32.2. The van der Waals surface area contributed by atoms with Crippen LogP contribution in [0.25, 0.3) is 11.0 Å². The Morgan fingerprint density at radius 3 is 2.84 bits per heavy atom. The van der Waals surface area contributed by atoms with Gasteiger partial charge in [-0.3, -0.25) is 0 Å². The molecule has 0 aliphatic rings. The third kappa shape index (κ3) is 3.49. The smallest absolute Gasteiger partial charge is 0.211 e. The minimum absolute atomic E-state index is 0.217. The predicted molar refractivity (Wildman–Crippen MR) is 76.7 cm³/mol. The first kappa shape index (κ1) is 14.4. The molecule has 0 saturated heterocycles. The minimum Gasteiger partial charge on any atom is -0.211 e. The Balaban J connectivity index is 2.09. The van der Waals surface area contributed by atoms with Gasteiger partial charge >= 0.3 is 0 Å². The maximum Gasteiger partial charge on any atom is 0.242 e. The van der Waals surface area contributed by atoms with Crippen LogP contribution in [0, 0.1) is 0 Å². The number of nitrogens with one attached hydrogen (secondary N) is 1. The summed E-state index contributed by atoms with van der Waals surface area (Å²) in [5.74, 6) is 0. The summed E-state index contributed by atoms with van der Waals surface area (Å²) in [6.45, 7) is 2.59. The van der Waals surface area contributed by atoms with Crippen LogP contribution in [0.5, 0.6) is 0 Å². The summed E-state index contributed by atoms with van der Waals surface area (Å²) in [6.07, 6.45) is 4.17. The van der Waals surface area contributed by atoms with Gasteiger partial charge in [-0.2, -0.15) is 8.75 Å². The zero-order valence-corrected chi connectivity index (χ0v) is 12.4. The van der Waals surface area contributed by atoms with Gasteiger partial charge in [0.1, 0.15) is 15.9 Å². The van der Waals surface area contributed by atoms with Crippen molar-refractivity contribution in [2.45, 2.75) is 37.5 Å². The highest BCUT2D eigenvalue weighted by Crippen LogP contribution is 2.20. The van der Waals surface area contributed by atoms with E-state index in [-0.39, 0.29) is 4.90 Å². The molecule has 0 spiro atoms. The zero-order chi connectivity index (χ0) is 13.7. The van der Waals surface area contributed by atoms with E-state index in [1.54, 1.807) is 18.2 Å². The number of sulfonamides is 1. The maximum absolute atomic E-state index is 12.2. The molecule has 1 N–H and O–H groups in total. The Bertz CT molecular complexity index is 637. The summed E-state index contributed by atoms with van der Waals surface area (Å²) in [4.78, 5) is 0.217. The monoisotopic (exact) mass is 299 g/mol. The van der Waals surface area contributed by atoms with E-state index in [0.29, 0.717) is 17.6 Å². The number of hydrogen-bond donors (Lipinski definition) is 1. The van der Waals surface area contributed by atoms with Crippen LogP contribution in [0.4, 0.5) is 0 Å². The van der Waals surface area contributed by atoms with E-state index in [1.165, 1.54) is 0 Å². The van der Waals surface area contributed by atoms with Crippen LogP contribution in [-0.4, -0.2) is 23.7 Å². The van der Waals surface area contributed by atoms with E-state index >= 15 is 0 Å². The van der Waals surface area contributed by atoms with Crippen molar-refractivity contribution in [2.75, 3.05) is 6.54 Å². The van der Waals surface area contributed by atoms with E-state index in [1.807, 2.05) is 0 Å². The summed E-state index contributed by atoms with van der Waals surface area (Å²) in [5.41, 5.74) is 1.08. The van der Waals surface area contributed by atoms with Gasteiger partial charge in [-0.25, -0.2) is 13.1 Å². The Labute approximate surface area is 117 Å². The van der Waals surface area contributed by atoms with Gasteiger partial charge in [-0.15, -0.1) is 0 Å². The number of fused-ring (bicyclic) bond motifs is 1. The molecule has 0 unspecified atom stereocenters. The van der Waals surface area contributed by atoms with Crippen molar-refractivity contribution in [3.8, 4) is 0 Å². The normalized spacial score (nSPS) is 12.1. The zero-order valence-electron chi connectivity index (χ0n) is 10.8. The van der Waals surface area contributed by atoms with Crippen LogP contribution in [0.15, 0.2) is 23.1 Å². The number of nitrogens with zero attached hydrogens (tertiary/aromatic N) is 2. The van der Waals surface area contributed by atoms with Crippen molar-refractivity contribution in [1.82, 2.24) is 13.5 Å². The van der Waals surface area contributed by atoms with Gasteiger partial charge in [0.2, 0.25) is 10.0 Å². The van der Waals surface area contributed by atoms with E-state index in [9.17, 15) is 8.42 Å². The van der Waals surface area contributed by atoms with Crippen LogP contribution in [0.2, 0.25) is 0 Å². The molecule has 1 heterocycles. The van der Waals surface area contributed by atoms with Crippen molar-refractivity contribution in [2.24, 2.45) is 0 Å². The Kier molecular flexibility index (Phi) is 4.84. The van der Waals surface area contributed by atoms with Gasteiger partial charge in [-0.05, 0) is 18.6 Å². The summed E-state index contributed by atoms with van der Waals surface area (Å²) >= 11 is 1.03. The fourth-order valence-electron chi connectivity index (χ4n) is 1.83. The fraction of sp³-hybridized carbons (Fsp3) is 0.500. The lowest BCUT2D eigenvalue weighted by Crippen LogP contribution is -2.25. The topological polar surface area (TPSA) is 72.0 Å². The molecule has 7 heteroatoms. The molecule has 0 fully saturated rings. The maximum atomic E-state index is 12.2. The molecular weight excluding hydrogens is 282 g/mol. The van der Waals surface area contributed by atoms with Crippen LogP contribution < -0.4 is 4.72 Å². The van der Waals surface area contributed by atoms with Crippen LogP contribution >= 0.6 is 11.7 Å². The third-order valence-electron chi connectivity index (χ3n) is 2.86. The molecule has 0 saturated carbocycles. The third-order valence-corrected chi connectivity index (χ3v) is 4.90. The second-order valence-corrected chi connectivity index (χ2v) is 6.61. The Hall–Kier alpha value is -1.05. The lowest BCUT2D eigenvalue weighted by Gasteiger charge is -2.06. The SMILES string of the molecule is CCCCCCNS(=O)(=O)c1cccc2nsnc12. The van der Waals surface area contributed by atoms with Crippen LogP contribution in [0.1, 0.15) is 32.6 Å². The highest BCUT2D eigenvalue weighted by Gasteiger charge is 2.18. The standard InChI is InChI=1S/C12H17N3O2S2/c1-2-3-4-5-9-13-19(16,17)11-8-6-7-10-12(11)15-18-14-10/h6-8,13H,2-5,9H2,1H3. The number of benzene rings is 1. The Morgan fingerprint density at radius 2 is 2.05 bits per heavy atom. The predicted octanol–water partition coefficient (Wildman–Crippen LogP) is 2.55. The van der Waals surface area contributed by atoms with Gasteiger partial charge in [-0.1, -0.05) is 32.3 Å². The minimum atomic E-state index is -3.49. The average Bonchev–Trinajstić information content (AvgIpc) is 2.86. The first-order chi connectivity index (χ1) is 9.15. The summed E-state index contributed by atoms with van der Waals surface area (Å²) in [7, 11) is -3.49. The van der Waals surface area contributed by atoms with Crippen molar-refractivity contribution >= 4 is 32.8 Å². The second kappa shape index (κ2) is 6.40. The summed E-state index contributed by atoms with van der Waals surface area (Å²) < 4.78 is 35.1. The fourth-order valence-corrected chi connectivity index (χ4v) is 3.67. The molecule has 0 radical (unpaired) electrons. The highest BCUT2D eigenvalue weighted by molar-refractivity contribution is 7.89. The first-order valence-corrected chi connectivity index (χ1v) is 8.57. The second-order valence-electron chi connectivity index (χ2n) is 4.35. The molecule has 2 aromatic rings.